The monoisotopic (exact) mass is 350 g/mol. The molecular weight excluding hydrogens is 335 g/mol. The topological polar surface area (TPSA) is 47.3 Å². The van der Waals surface area contributed by atoms with Crippen LogP contribution in [0.3, 0.4) is 0 Å². The van der Waals surface area contributed by atoms with Gasteiger partial charge >= 0.3 is 0 Å². The van der Waals surface area contributed by atoms with Crippen LogP contribution in [0, 0.1) is 5.82 Å². The molecule has 21 heavy (non-hydrogen) atoms. The molecule has 1 heterocycles. The fourth-order valence-corrected chi connectivity index (χ4v) is 3.27. The average molecular weight is 351 g/mol. The molecular formula is C16H16BrFN2O. The van der Waals surface area contributed by atoms with Crippen molar-refractivity contribution in [2.75, 3.05) is 6.61 Å². The van der Waals surface area contributed by atoms with Crippen molar-refractivity contribution in [3.63, 3.8) is 0 Å². The number of benzene rings is 2. The van der Waals surface area contributed by atoms with E-state index in [1.54, 1.807) is 6.07 Å². The molecule has 0 aromatic heterocycles. The van der Waals surface area contributed by atoms with E-state index in [1.807, 2.05) is 18.2 Å². The van der Waals surface area contributed by atoms with Crippen LogP contribution in [0.1, 0.15) is 17.0 Å². The summed E-state index contributed by atoms with van der Waals surface area (Å²) in [6, 6.07) is 12.7. The number of hydrogen-bond donors (Lipinski definition) is 2. The molecule has 2 aromatic carbocycles. The Morgan fingerprint density at radius 3 is 2.90 bits per heavy atom. The quantitative estimate of drug-likeness (QED) is 0.657. The maximum absolute atomic E-state index is 13.2. The second kappa shape index (κ2) is 6.13. The van der Waals surface area contributed by atoms with E-state index in [2.05, 4.69) is 27.4 Å². The predicted molar refractivity (Wildman–Crippen MR) is 83.6 cm³/mol. The van der Waals surface area contributed by atoms with Gasteiger partial charge in [-0.1, -0.05) is 40.2 Å². The number of hydrazine groups is 1. The number of nitrogens with two attached hydrogens (primary N) is 1. The van der Waals surface area contributed by atoms with E-state index in [1.165, 1.54) is 17.7 Å². The Morgan fingerprint density at radius 1 is 1.33 bits per heavy atom. The predicted octanol–water partition coefficient (Wildman–Crippen LogP) is 3.14. The molecule has 0 radical (unpaired) electrons. The number of halogens is 2. The molecule has 3 N–H and O–H groups in total. The lowest BCUT2D eigenvalue weighted by molar-refractivity contribution is 0.297. The normalized spacial score (nSPS) is 18.1. The number of nitrogens with one attached hydrogen (secondary N) is 1. The number of rotatable bonds is 4. The van der Waals surface area contributed by atoms with Crippen molar-refractivity contribution in [3.8, 4) is 5.75 Å². The largest absolute Gasteiger partial charge is 0.493 e. The fourth-order valence-electron chi connectivity index (χ4n) is 2.76. The van der Waals surface area contributed by atoms with Crippen LogP contribution in [-0.4, -0.2) is 12.6 Å². The van der Waals surface area contributed by atoms with Gasteiger partial charge in [0.2, 0.25) is 0 Å². The zero-order valence-electron chi connectivity index (χ0n) is 11.4. The van der Waals surface area contributed by atoms with Gasteiger partial charge in [-0.05, 0) is 30.2 Å². The van der Waals surface area contributed by atoms with E-state index < -0.39 is 0 Å². The molecule has 110 valence electrons. The lowest BCUT2D eigenvalue weighted by Crippen LogP contribution is -2.42. The molecule has 2 atom stereocenters. The first kappa shape index (κ1) is 14.5. The van der Waals surface area contributed by atoms with Crippen molar-refractivity contribution in [2.45, 2.75) is 18.4 Å². The van der Waals surface area contributed by atoms with Gasteiger partial charge in [0.25, 0.3) is 0 Å². The van der Waals surface area contributed by atoms with Crippen molar-refractivity contribution in [1.29, 1.82) is 0 Å². The van der Waals surface area contributed by atoms with Crippen molar-refractivity contribution in [3.05, 3.63) is 63.9 Å². The van der Waals surface area contributed by atoms with Crippen LogP contribution in [-0.2, 0) is 6.42 Å². The van der Waals surface area contributed by atoms with Gasteiger partial charge in [-0.15, -0.1) is 0 Å². The Labute approximate surface area is 131 Å². The second-order valence-corrected chi connectivity index (χ2v) is 6.02. The average Bonchev–Trinajstić information content (AvgIpc) is 2.91. The molecule has 0 spiro atoms. The number of ether oxygens (including phenoxy) is 1. The molecule has 0 bridgehead atoms. The summed E-state index contributed by atoms with van der Waals surface area (Å²) < 4.78 is 19.6. The first-order valence-corrected chi connectivity index (χ1v) is 7.60. The smallest absolute Gasteiger partial charge is 0.124 e. The summed E-state index contributed by atoms with van der Waals surface area (Å²) in [7, 11) is 0. The first-order chi connectivity index (χ1) is 10.2. The van der Waals surface area contributed by atoms with E-state index in [9.17, 15) is 4.39 Å². The third kappa shape index (κ3) is 2.95. The molecule has 2 unspecified atom stereocenters. The van der Waals surface area contributed by atoms with E-state index in [0.29, 0.717) is 13.0 Å². The number of para-hydroxylation sites is 1. The molecule has 0 fully saturated rings. The molecule has 0 saturated heterocycles. The van der Waals surface area contributed by atoms with Crippen molar-refractivity contribution >= 4 is 15.9 Å². The minimum Gasteiger partial charge on any atom is -0.493 e. The fraction of sp³-hybridized carbons (Fsp3) is 0.250. The van der Waals surface area contributed by atoms with Crippen molar-refractivity contribution in [2.24, 2.45) is 5.84 Å². The Morgan fingerprint density at radius 2 is 2.14 bits per heavy atom. The summed E-state index contributed by atoms with van der Waals surface area (Å²) in [6.45, 7) is 0.604. The highest BCUT2D eigenvalue weighted by Crippen LogP contribution is 2.36. The van der Waals surface area contributed by atoms with Gasteiger partial charge in [-0.3, -0.25) is 11.3 Å². The second-order valence-electron chi connectivity index (χ2n) is 5.17. The van der Waals surface area contributed by atoms with Crippen LogP contribution < -0.4 is 16.0 Å². The highest BCUT2D eigenvalue weighted by atomic mass is 79.9. The molecule has 3 nitrogen and oxygen atoms in total. The highest BCUT2D eigenvalue weighted by molar-refractivity contribution is 9.10. The molecule has 5 heteroatoms. The Balaban J connectivity index is 1.83. The van der Waals surface area contributed by atoms with Crippen LogP contribution in [0.15, 0.2) is 46.9 Å². The molecule has 0 saturated carbocycles. The minimum atomic E-state index is -0.252. The van der Waals surface area contributed by atoms with Crippen LogP contribution in [0.4, 0.5) is 4.39 Å². The lowest BCUT2D eigenvalue weighted by atomic mass is 9.89. The Bertz CT molecular complexity index is 650. The number of fused-ring (bicyclic) bond motifs is 1. The Hall–Kier alpha value is -1.43. The van der Waals surface area contributed by atoms with Gasteiger partial charge in [0.1, 0.15) is 11.6 Å². The third-order valence-corrected chi connectivity index (χ3v) is 4.63. The number of hydrogen-bond acceptors (Lipinski definition) is 3. The zero-order chi connectivity index (χ0) is 14.8. The van der Waals surface area contributed by atoms with Gasteiger partial charge < -0.3 is 4.74 Å². The molecule has 1 aliphatic rings. The SMILES string of the molecule is NNC(Cc1ccc(F)cc1Br)C1COc2ccccc21. The zero-order valence-corrected chi connectivity index (χ0v) is 12.9. The summed E-state index contributed by atoms with van der Waals surface area (Å²) >= 11 is 3.41. The van der Waals surface area contributed by atoms with E-state index >= 15 is 0 Å². The summed E-state index contributed by atoms with van der Waals surface area (Å²) in [4.78, 5) is 0. The lowest BCUT2D eigenvalue weighted by Gasteiger charge is -2.22. The van der Waals surface area contributed by atoms with Crippen LogP contribution >= 0.6 is 15.9 Å². The maximum Gasteiger partial charge on any atom is 0.124 e. The molecule has 0 aliphatic carbocycles. The van der Waals surface area contributed by atoms with Gasteiger partial charge in [-0.25, -0.2) is 4.39 Å². The van der Waals surface area contributed by atoms with E-state index in [4.69, 9.17) is 10.6 Å². The van der Waals surface area contributed by atoms with Crippen LogP contribution in [0.25, 0.3) is 0 Å². The molecule has 3 rings (SSSR count). The Kier molecular flexibility index (Phi) is 4.24. The molecule has 0 amide bonds. The summed E-state index contributed by atoms with van der Waals surface area (Å²) in [6.07, 6.45) is 0.694. The van der Waals surface area contributed by atoms with Crippen molar-refractivity contribution < 1.29 is 9.13 Å². The van der Waals surface area contributed by atoms with E-state index in [0.717, 1.165) is 15.8 Å². The van der Waals surface area contributed by atoms with Crippen LogP contribution in [0.2, 0.25) is 0 Å². The van der Waals surface area contributed by atoms with Gasteiger partial charge in [0.15, 0.2) is 0 Å². The van der Waals surface area contributed by atoms with Crippen LogP contribution in [0.5, 0.6) is 5.75 Å². The molecule has 1 aliphatic heterocycles. The summed E-state index contributed by atoms with van der Waals surface area (Å²) in [5.74, 6) is 6.59. The standard InChI is InChI=1S/C16H16BrFN2O/c17-14-8-11(18)6-5-10(14)7-15(20-19)13-9-21-16-4-2-1-3-12(13)16/h1-6,8,13,15,20H,7,9,19H2. The highest BCUT2D eigenvalue weighted by Gasteiger charge is 2.31. The summed E-state index contributed by atoms with van der Waals surface area (Å²) in [5.41, 5.74) is 5.06. The van der Waals surface area contributed by atoms with Crippen molar-refractivity contribution in [1.82, 2.24) is 5.43 Å². The summed E-state index contributed by atoms with van der Waals surface area (Å²) in [5, 5.41) is 0. The van der Waals surface area contributed by atoms with Gasteiger partial charge in [0, 0.05) is 22.0 Å². The maximum atomic E-state index is 13.2. The third-order valence-electron chi connectivity index (χ3n) is 3.89. The minimum absolute atomic E-state index is 0.0235. The van der Waals surface area contributed by atoms with Gasteiger partial charge in [-0.2, -0.15) is 0 Å². The molecule has 2 aromatic rings. The van der Waals surface area contributed by atoms with E-state index in [-0.39, 0.29) is 17.8 Å². The first-order valence-electron chi connectivity index (χ1n) is 6.81. The van der Waals surface area contributed by atoms with Gasteiger partial charge in [0.05, 0.1) is 6.61 Å².